The van der Waals surface area contributed by atoms with Gasteiger partial charge in [-0.1, -0.05) is 53.0 Å². The molecular weight excluding hydrogens is 549 g/mol. The highest BCUT2D eigenvalue weighted by molar-refractivity contribution is 6.35. The van der Waals surface area contributed by atoms with E-state index in [1.54, 1.807) is 48.9 Å². The number of nitrogens with zero attached hydrogens (tertiary/aromatic N) is 3. The lowest BCUT2D eigenvalue weighted by Gasteiger charge is -2.30. The van der Waals surface area contributed by atoms with Crippen LogP contribution in [0.3, 0.4) is 0 Å². The van der Waals surface area contributed by atoms with Crippen molar-refractivity contribution < 1.29 is 19.0 Å². The van der Waals surface area contributed by atoms with Crippen molar-refractivity contribution in [2.45, 2.75) is 31.0 Å². The molecule has 3 unspecified atom stereocenters. The van der Waals surface area contributed by atoms with E-state index < -0.39 is 18.0 Å². The topological polar surface area (TPSA) is 82.5 Å². The molecule has 0 spiro atoms. The molecule has 1 saturated heterocycles. The van der Waals surface area contributed by atoms with E-state index in [1.807, 2.05) is 35.0 Å². The second kappa shape index (κ2) is 10.3. The van der Waals surface area contributed by atoms with Crippen molar-refractivity contribution in [1.82, 2.24) is 14.5 Å². The zero-order valence-corrected chi connectivity index (χ0v) is 22.2. The molecule has 1 aliphatic heterocycles. The standard InChI is InChI=1S/C28H22Cl3N3O4/c29-19-5-7-21(22(31)12-19)28(15-34-10-9-32-16-34)36-14-26(38-28)24(35)11-17-1-3-18(4-2-17)27-33-23-13-20(30)6-8-25(23)37-27/h1-10,12-13,16,24,26,35H,11,14-15H2. The van der Waals surface area contributed by atoms with Gasteiger partial charge in [-0.3, -0.25) is 0 Å². The molecule has 3 aromatic carbocycles. The number of imidazole rings is 1. The molecule has 0 aliphatic carbocycles. The summed E-state index contributed by atoms with van der Waals surface area (Å²) in [6.45, 7) is 0.500. The summed E-state index contributed by atoms with van der Waals surface area (Å²) in [6.07, 6.45) is 4.14. The van der Waals surface area contributed by atoms with Crippen LogP contribution in [0, 0.1) is 0 Å². The van der Waals surface area contributed by atoms with Crippen LogP contribution in [-0.2, 0) is 28.2 Å². The Balaban J connectivity index is 1.19. The molecule has 0 saturated carbocycles. The van der Waals surface area contributed by atoms with Crippen molar-refractivity contribution in [3.8, 4) is 11.5 Å². The third kappa shape index (κ3) is 5.06. The van der Waals surface area contributed by atoms with E-state index in [0.29, 0.717) is 50.6 Å². The molecule has 3 heterocycles. The number of aromatic nitrogens is 3. The van der Waals surface area contributed by atoms with Gasteiger partial charge in [0.05, 0.1) is 30.6 Å². The zero-order chi connectivity index (χ0) is 26.3. The Kier molecular flexibility index (Phi) is 6.90. The van der Waals surface area contributed by atoms with Gasteiger partial charge in [0.15, 0.2) is 5.58 Å². The number of fused-ring (bicyclic) bond motifs is 1. The number of ether oxygens (including phenoxy) is 2. The minimum absolute atomic E-state index is 0.193. The molecule has 1 aliphatic rings. The number of aliphatic hydroxyl groups is 1. The first kappa shape index (κ1) is 25.4. The lowest BCUT2D eigenvalue weighted by molar-refractivity contribution is -0.195. The summed E-state index contributed by atoms with van der Waals surface area (Å²) >= 11 is 18.7. The minimum Gasteiger partial charge on any atom is -0.436 e. The van der Waals surface area contributed by atoms with Crippen molar-refractivity contribution in [2.24, 2.45) is 0 Å². The maximum absolute atomic E-state index is 11.1. The van der Waals surface area contributed by atoms with Gasteiger partial charge in [-0.2, -0.15) is 0 Å². The first-order chi connectivity index (χ1) is 18.4. The number of rotatable bonds is 7. The number of hydrogen-bond acceptors (Lipinski definition) is 6. The number of hydrogen-bond donors (Lipinski definition) is 1. The molecule has 5 aromatic rings. The maximum atomic E-state index is 11.1. The van der Waals surface area contributed by atoms with E-state index in [1.165, 1.54) is 0 Å². The molecule has 0 radical (unpaired) electrons. The van der Waals surface area contributed by atoms with Gasteiger partial charge in [0.25, 0.3) is 0 Å². The van der Waals surface area contributed by atoms with E-state index in [-0.39, 0.29) is 6.61 Å². The zero-order valence-electron chi connectivity index (χ0n) is 19.9. The average molecular weight is 571 g/mol. The van der Waals surface area contributed by atoms with Gasteiger partial charge in [0, 0.05) is 40.0 Å². The molecule has 38 heavy (non-hydrogen) atoms. The first-order valence-corrected chi connectivity index (χ1v) is 13.1. The van der Waals surface area contributed by atoms with Gasteiger partial charge in [0.2, 0.25) is 11.7 Å². The van der Waals surface area contributed by atoms with E-state index in [9.17, 15) is 5.11 Å². The third-order valence-electron chi connectivity index (χ3n) is 6.54. The quantitative estimate of drug-likeness (QED) is 0.240. The van der Waals surface area contributed by atoms with Crippen LogP contribution >= 0.6 is 34.8 Å². The molecule has 10 heteroatoms. The predicted octanol–water partition coefficient (Wildman–Crippen LogP) is 6.52. The third-order valence-corrected chi connectivity index (χ3v) is 7.32. The monoisotopic (exact) mass is 569 g/mol. The Hall–Kier alpha value is -2.91. The van der Waals surface area contributed by atoms with Crippen molar-refractivity contribution in [1.29, 1.82) is 0 Å². The number of oxazole rings is 1. The molecule has 0 amide bonds. The lowest BCUT2D eigenvalue weighted by Crippen LogP contribution is -2.36. The maximum Gasteiger partial charge on any atom is 0.227 e. The van der Waals surface area contributed by atoms with Gasteiger partial charge < -0.3 is 23.6 Å². The normalized spacial score (nSPS) is 20.3. The molecule has 7 nitrogen and oxygen atoms in total. The molecule has 6 rings (SSSR count). The summed E-state index contributed by atoms with van der Waals surface area (Å²) in [5, 5.41) is 12.6. The van der Waals surface area contributed by atoms with Crippen LogP contribution in [0.15, 0.2) is 83.8 Å². The molecule has 194 valence electrons. The number of halogens is 3. The second-order valence-corrected chi connectivity index (χ2v) is 10.5. The predicted molar refractivity (Wildman–Crippen MR) is 145 cm³/mol. The van der Waals surface area contributed by atoms with Crippen molar-refractivity contribution in [2.75, 3.05) is 6.61 Å². The summed E-state index contributed by atoms with van der Waals surface area (Å²) in [5.74, 6) is -0.695. The molecular formula is C28H22Cl3N3O4. The highest BCUT2D eigenvalue weighted by atomic mass is 35.5. The molecule has 2 aromatic heterocycles. The number of aliphatic hydroxyl groups excluding tert-OH is 1. The van der Waals surface area contributed by atoms with Crippen LogP contribution in [0.4, 0.5) is 0 Å². The van der Waals surface area contributed by atoms with Crippen LogP contribution in [-0.4, -0.2) is 38.5 Å². The highest BCUT2D eigenvalue weighted by Gasteiger charge is 2.47. The fourth-order valence-electron chi connectivity index (χ4n) is 4.63. The van der Waals surface area contributed by atoms with Crippen LogP contribution in [0.25, 0.3) is 22.6 Å². The summed E-state index contributed by atoms with van der Waals surface area (Å²) in [5.41, 5.74) is 3.76. The Morgan fingerprint density at radius 2 is 1.82 bits per heavy atom. The van der Waals surface area contributed by atoms with E-state index in [2.05, 4.69) is 9.97 Å². The first-order valence-electron chi connectivity index (χ1n) is 11.9. The average Bonchev–Trinajstić information content (AvgIpc) is 3.65. The Morgan fingerprint density at radius 1 is 1.03 bits per heavy atom. The summed E-state index contributed by atoms with van der Waals surface area (Å²) in [4.78, 5) is 8.63. The molecule has 3 atom stereocenters. The highest BCUT2D eigenvalue weighted by Crippen LogP contribution is 2.41. The molecule has 0 bridgehead atoms. The van der Waals surface area contributed by atoms with Crippen molar-refractivity contribution in [3.63, 3.8) is 0 Å². The Bertz CT molecular complexity index is 1570. The van der Waals surface area contributed by atoms with Crippen molar-refractivity contribution >= 4 is 45.9 Å². The Morgan fingerprint density at radius 3 is 2.58 bits per heavy atom. The van der Waals surface area contributed by atoms with Gasteiger partial charge in [-0.25, -0.2) is 9.97 Å². The van der Waals surface area contributed by atoms with Crippen LogP contribution in [0.5, 0.6) is 0 Å². The summed E-state index contributed by atoms with van der Waals surface area (Å²) in [7, 11) is 0. The largest absolute Gasteiger partial charge is 0.436 e. The molecule has 1 N–H and O–H groups in total. The Labute approximate surface area is 233 Å². The van der Waals surface area contributed by atoms with Gasteiger partial charge in [-0.15, -0.1) is 0 Å². The van der Waals surface area contributed by atoms with Crippen LogP contribution < -0.4 is 0 Å². The van der Waals surface area contributed by atoms with Gasteiger partial charge >= 0.3 is 0 Å². The minimum atomic E-state index is -1.20. The lowest BCUT2D eigenvalue weighted by atomic mass is 10.0. The molecule has 1 fully saturated rings. The fourth-order valence-corrected chi connectivity index (χ4v) is 5.35. The van der Waals surface area contributed by atoms with Crippen LogP contribution in [0.2, 0.25) is 15.1 Å². The van der Waals surface area contributed by atoms with E-state index in [0.717, 1.165) is 11.1 Å². The smallest absolute Gasteiger partial charge is 0.227 e. The fraction of sp³-hybridized carbons (Fsp3) is 0.214. The summed E-state index contributed by atoms with van der Waals surface area (Å²) in [6, 6.07) is 18.2. The number of benzene rings is 3. The van der Waals surface area contributed by atoms with E-state index >= 15 is 0 Å². The van der Waals surface area contributed by atoms with E-state index in [4.69, 9.17) is 48.7 Å². The second-order valence-electron chi connectivity index (χ2n) is 9.18. The van der Waals surface area contributed by atoms with Gasteiger partial charge in [-0.05, 0) is 48.0 Å². The summed E-state index contributed by atoms with van der Waals surface area (Å²) < 4.78 is 20.3. The van der Waals surface area contributed by atoms with Gasteiger partial charge in [0.1, 0.15) is 11.6 Å². The van der Waals surface area contributed by atoms with Crippen molar-refractivity contribution in [3.05, 3.63) is 106 Å². The van der Waals surface area contributed by atoms with Crippen LogP contribution in [0.1, 0.15) is 11.1 Å². The SMILES string of the molecule is OC(Cc1ccc(-c2nc3cc(Cl)ccc3o2)cc1)C1COC(Cn2ccnc2)(c2ccc(Cl)cc2Cl)O1.